The fourth-order valence-electron chi connectivity index (χ4n) is 3.27. The minimum absolute atomic E-state index is 0. The minimum Gasteiger partial charge on any atom is -0.872 e. The molecule has 0 fully saturated rings. The Morgan fingerprint density at radius 1 is 0.867 bits per heavy atom. The Morgan fingerprint density at radius 3 is 2.00 bits per heavy atom. The number of hydrogen-bond acceptors (Lipinski definition) is 4. The maximum absolute atomic E-state index is 11.8. The Bertz CT molecular complexity index is 850. The van der Waals surface area contributed by atoms with Gasteiger partial charge in [-0.3, -0.25) is 4.55 Å². The molecule has 0 aliphatic rings. The van der Waals surface area contributed by atoms with Gasteiger partial charge in [-0.1, -0.05) is 76.5 Å². The standard InChI is InChI=1S/C23H32O5S.Na/c1-2-3-4-5-6-7-8-9-10-11-19-12-17-22(23(18-19)29(25,26)27)28-21-15-13-20(24)14-16-21;/h12-18,24H,2-11H2,1H3,(H,25,26,27);/q;+1/p-1. The Labute approximate surface area is 202 Å². The van der Waals surface area contributed by atoms with Crippen molar-refractivity contribution in [1.29, 1.82) is 0 Å². The predicted octanol–water partition coefficient (Wildman–Crippen LogP) is 2.88. The summed E-state index contributed by atoms with van der Waals surface area (Å²) in [5.41, 5.74) is 0.850. The van der Waals surface area contributed by atoms with Crippen molar-refractivity contribution < 1.29 is 52.4 Å². The molecule has 0 bridgehead atoms. The summed E-state index contributed by atoms with van der Waals surface area (Å²) in [5.74, 6) is 0.215. The third kappa shape index (κ3) is 9.84. The molecule has 0 saturated carbocycles. The topological polar surface area (TPSA) is 86.7 Å². The largest absolute Gasteiger partial charge is 1.00 e. The Kier molecular flexibility index (Phi) is 12.7. The molecule has 1 N–H and O–H groups in total. The van der Waals surface area contributed by atoms with Gasteiger partial charge in [0.1, 0.15) is 16.4 Å². The first-order valence-electron chi connectivity index (χ1n) is 10.5. The van der Waals surface area contributed by atoms with Crippen molar-refractivity contribution in [2.45, 2.75) is 76.0 Å². The first kappa shape index (κ1) is 27.0. The number of rotatable bonds is 13. The van der Waals surface area contributed by atoms with Crippen LogP contribution in [0, 0.1) is 0 Å². The summed E-state index contributed by atoms with van der Waals surface area (Å²) in [6, 6.07) is 10.4. The van der Waals surface area contributed by atoms with Gasteiger partial charge in [0.2, 0.25) is 0 Å². The Hall–Kier alpha value is -1.05. The molecule has 2 aromatic carbocycles. The average Bonchev–Trinajstić information content (AvgIpc) is 2.68. The third-order valence-corrected chi connectivity index (χ3v) is 5.78. The second-order valence-electron chi connectivity index (χ2n) is 7.41. The molecule has 0 saturated heterocycles. The molecule has 30 heavy (non-hydrogen) atoms. The summed E-state index contributed by atoms with van der Waals surface area (Å²) < 4.78 is 38.8. The summed E-state index contributed by atoms with van der Waals surface area (Å²) in [5, 5.41) is 11.2. The zero-order valence-corrected chi connectivity index (χ0v) is 20.9. The fraction of sp³-hybridized carbons (Fsp3) is 0.478. The maximum Gasteiger partial charge on any atom is 1.00 e. The summed E-state index contributed by atoms with van der Waals surface area (Å²) in [6.07, 6.45) is 11.8. The maximum atomic E-state index is 11.8. The minimum atomic E-state index is -4.42. The molecular weight excluding hydrogens is 411 g/mol. The number of aryl methyl sites for hydroxylation is 1. The molecule has 0 aliphatic carbocycles. The van der Waals surface area contributed by atoms with Crippen molar-refractivity contribution in [3.63, 3.8) is 0 Å². The molecule has 0 radical (unpaired) electrons. The van der Waals surface area contributed by atoms with Crippen LogP contribution < -0.4 is 39.4 Å². The number of benzene rings is 2. The van der Waals surface area contributed by atoms with Gasteiger partial charge in [0, 0.05) is 0 Å². The molecule has 0 spiro atoms. The SMILES string of the molecule is CCCCCCCCCCCc1ccc(Oc2ccc([O-])cc2)c(S(=O)(=O)O)c1.[Na+]. The number of unbranched alkanes of at least 4 members (excludes halogenated alkanes) is 8. The predicted molar refractivity (Wildman–Crippen MR) is 113 cm³/mol. The van der Waals surface area contributed by atoms with Gasteiger partial charge in [-0.05, 0) is 42.7 Å². The second kappa shape index (κ2) is 14.1. The molecule has 0 unspecified atom stereocenters. The van der Waals surface area contributed by atoms with E-state index in [1.165, 1.54) is 75.3 Å². The van der Waals surface area contributed by atoms with Gasteiger partial charge in [0.15, 0.2) is 0 Å². The van der Waals surface area contributed by atoms with Gasteiger partial charge in [-0.2, -0.15) is 8.42 Å². The van der Waals surface area contributed by atoms with Crippen molar-refractivity contribution in [2.75, 3.05) is 0 Å². The number of ether oxygens (including phenoxy) is 1. The van der Waals surface area contributed by atoms with E-state index >= 15 is 0 Å². The fourth-order valence-corrected chi connectivity index (χ4v) is 3.93. The summed E-state index contributed by atoms with van der Waals surface area (Å²) in [4.78, 5) is -0.253. The normalized spacial score (nSPS) is 11.1. The summed E-state index contributed by atoms with van der Waals surface area (Å²) in [6.45, 7) is 2.22. The van der Waals surface area contributed by atoms with Crippen LogP contribution >= 0.6 is 0 Å². The second-order valence-corrected chi connectivity index (χ2v) is 8.80. The first-order valence-corrected chi connectivity index (χ1v) is 11.9. The quantitative estimate of drug-likeness (QED) is 0.293. The van der Waals surface area contributed by atoms with E-state index in [-0.39, 0.29) is 46.0 Å². The van der Waals surface area contributed by atoms with Crippen molar-refractivity contribution in [2.24, 2.45) is 0 Å². The van der Waals surface area contributed by atoms with Crippen LogP contribution in [-0.2, 0) is 16.5 Å². The first-order chi connectivity index (χ1) is 13.9. The van der Waals surface area contributed by atoms with Crippen LogP contribution in [0.2, 0.25) is 0 Å². The zero-order chi connectivity index (χ0) is 21.1. The van der Waals surface area contributed by atoms with Crippen molar-refractivity contribution >= 4 is 10.1 Å². The molecule has 0 atom stereocenters. The van der Waals surface area contributed by atoms with Crippen LogP contribution in [0.3, 0.4) is 0 Å². The molecule has 160 valence electrons. The summed E-state index contributed by atoms with van der Waals surface area (Å²) >= 11 is 0. The van der Waals surface area contributed by atoms with Gasteiger partial charge in [0.05, 0.1) is 0 Å². The third-order valence-electron chi connectivity index (χ3n) is 4.91. The molecule has 2 aromatic rings. The van der Waals surface area contributed by atoms with Gasteiger partial charge < -0.3 is 9.84 Å². The van der Waals surface area contributed by atoms with Crippen LogP contribution in [0.25, 0.3) is 0 Å². The molecule has 2 rings (SSSR count). The average molecular weight is 443 g/mol. The van der Waals surface area contributed by atoms with E-state index in [0.29, 0.717) is 5.75 Å². The van der Waals surface area contributed by atoms with E-state index in [2.05, 4.69) is 6.92 Å². The molecule has 7 heteroatoms. The van der Waals surface area contributed by atoms with E-state index in [4.69, 9.17) is 4.74 Å². The van der Waals surface area contributed by atoms with Gasteiger partial charge >= 0.3 is 29.6 Å². The molecular formula is C23H31NaO5S. The Balaban J connectivity index is 0.00000450. The Morgan fingerprint density at radius 2 is 1.43 bits per heavy atom. The van der Waals surface area contributed by atoms with Crippen molar-refractivity contribution in [3.05, 3.63) is 48.0 Å². The van der Waals surface area contributed by atoms with Crippen LogP contribution in [0.15, 0.2) is 47.4 Å². The van der Waals surface area contributed by atoms with Gasteiger partial charge in [-0.25, -0.2) is 0 Å². The molecule has 0 aromatic heterocycles. The van der Waals surface area contributed by atoms with Crippen LogP contribution in [0.4, 0.5) is 0 Å². The molecule has 0 heterocycles. The van der Waals surface area contributed by atoms with Crippen LogP contribution in [0.5, 0.6) is 17.2 Å². The van der Waals surface area contributed by atoms with Crippen LogP contribution in [0.1, 0.15) is 70.3 Å². The molecule has 5 nitrogen and oxygen atoms in total. The van der Waals surface area contributed by atoms with Crippen molar-refractivity contribution in [3.8, 4) is 17.2 Å². The van der Waals surface area contributed by atoms with Gasteiger partial charge in [-0.15, -0.1) is 5.75 Å². The van der Waals surface area contributed by atoms with E-state index in [1.54, 1.807) is 6.07 Å². The van der Waals surface area contributed by atoms with Gasteiger partial charge in [0.25, 0.3) is 10.1 Å². The smallest absolute Gasteiger partial charge is 0.872 e. The zero-order valence-electron chi connectivity index (χ0n) is 18.1. The monoisotopic (exact) mass is 442 g/mol. The van der Waals surface area contributed by atoms with E-state index in [0.717, 1.165) is 24.8 Å². The van der Waals surface area contributed by atoms with E-state index in [9.17, 15) is 18.1 Å². The van der Waals surface area contributed by atoms with E-state index in [1.807, 2.05) is 6.07 Å². The van der Waals surface area contributed by atoms with Crippen LogP contribution in [-0.4, -0.2) is 13.0 Å². The van der Waals surface area contributed by atoms with Crippen molar-refractivity contribution in [1.82, 2.24) is 0 Å². The molecule has 0 aliphatic heterocycles. The number of hydrogen-bond donors (Lipinski definition) is 1. The van der Waals surface area contributed by atoms with E-state index < -0.39 is 10.1 Å². The summed E-state index contributed by atoms with van der Waals surface area (Å²) in [7, 11) is -4.42. The molecule has 0 amide bonds.